The van der Waals surface area contributed by atoms with Crippen molar-refractivity contribution in [1.82, 2.24) is 10.2 Å². The summed E-state index contributed by atoms with van der Waals surface area (Å²) in [5.74, 6) is 1.41. The highest BCUT2D eigenvalue weighted by Crippen LogP contribution is 2.43. The van der Waals surface area contributed by atoms with Gasteiger partial charge in [-0.3, -0.25) is 0 Å². The summed E-state index contributed by atoms with van der Waals surface area (Å²) in [6.45, 7) is 2.11. The summed E-state index contributed by atoms with van der Waals surface area (Å²) in [5, 5.41) is 12.8. The molecule has 0 fully saturated rings. The molecule has 8 nitrogen and oxygen atoms in total. The second-order valence-electron chi connectivity index (χ2n) is 5.74. The monoisotopic (exact) mass is 415 g/mol. The van der Waals surface area contributed by atoms with Crippen LogP contribution in [0, 0.1) is 0 Å². The molecular weight excluding hydrogens is 394 g/mol. The molecule has 0 spiro atoms. The van der Waals surface area contributed by atoms with E-state index in [-0.39, 0.29) is 5.97 Å². The van der Waals surface area contributed by atoms with Crippen molar-refractivity contribution in [3.05, 3.63) is 42.0 Å². The van der Waals surface area contributed by atoms with E-state index in [1.54, 1.807) is 64.7 Å². The lowest BCUT2D eigenvalue weighted by atomic mass is 10.1. The highest BCUT2D eigenvalue weighted by Gasteiger charge is 2.19. The van der Waals surface area contributed by atoms with E-state index in [1.807, 2.05) is 0 Å². The normalized spacial score (nSPS) is 10.3. The minimum Gasteiger partial charge on any atom is -0.496 e. The van der Waals surface area contributed by atoms with Gasteiger partial charge >= 0.3 is 5.97 Å². The second-order valence-corrected chi connectivity index (χ2v) is 6.72. The van der Waals surface area contributed by atoms with Gasteiger partial charge in [0.2, 0.25) is 5.13 Å². The quantitative estimate of drug-likeness (QED) is 0.549. The van der Waals surface area contributed by atoms with Crippen LogP contribution in [0.5, 0.6) is 17.2 Å². The van der Waals surface area contributed by atoms with Crippen LogP contribution in [0.15, 0.2) is 36.4 Å². The predicted molar refractivity (Wildman–Crippen MR) is 111 cm³/mol. The molecule has 3 rings (SSSR count). The number of hydrogen-bond acceptors (Lipinski definition) is 9. The average molecular weight is 415 g/mol. The van der Waals surface area contributed by atoms with Gasteiger partial charge in [-0.25, -0.2) is 4.79 Å². The summed E-state index contributed by atoms with van der Waals surface area (Å²) in [5.41, 5.74) is 1.96. The molecule has 0 unspecified atom stereocenters. The lowest BCUT2D eigenvalue weighted by Gasteiger charge is -2.12. The molecule has 0 saturated heterocycles. The molecule has 0 bridgehead atoms. The number of anilines is 2. The third-order valence-corrected chi connectivity index (χ3v) is 4.86. The number of carbonyl (C=O) groups excluding carboxylic acids is 1. The molecule has 1 aromatic heterocycles. The summed E-state index contributed by atoms with van der Waals surface area (Å²) in [6.07, 6.45) is 0. The van der Waals surface area contributed by atoms with Gasteiger partial charge < -0.3 is 24.3 Å². The van der Waals surface area contributed by atoms with Gasteiger partial charge in [0.15, 0.2) is 5.01 Å². The van der Waals surface area contributed by atoms with E-state index in [0.717, 1.165) is 5.69 Å². The van der Waals surface area contributed by atoms with Crippen LogP contribution in [0.2, 0.25) is 0 Å². The first-order chi connectivity index (χ1) is 14.1. The van der Waals surface area contributed by atoms with Gasteiger partial charge in [-0.05, 0) is 31.2 Å². The lowest BCUT2D eigenvalue weighted by molar-refractivity contribution is 0.0526. The van der Waals surface area contributed by atoms with Gasteiger partial charge in [0.25, 0.3) is 0 Å². The first kappa shape index (κ1) is 20.4. The Morgan fingerprint density at radius 2 is 1.66 bits per heavy atom. The second kappa shape index (κ2) is 9.24. The van der Waals surface area contributed by atoms with E-state index in [9.17, 15) is 4.79 Å². The summed E-state index contributed by atoms with van der Waals surface area (Å²) < 4.78 is 21.2. The van der Waals surface area contributed by atoms with Crippen LogP contribution < -0.4 is 19.5 Å². The Labute approximate surface area is 172 Å². The maximum Gasteiger partial charge on any atom is 0.338 e. The highest BCUT2D eigenvalue weighted by molar-refractivity contribution is 7.18. The summed E-state index contributed by atoms with van der Waals surface area (Å²) in [7, 11) is 4.72. The van der Waals surface area contributed by atoms with Crippen LogP contribution in [0.1, 0.15) is 17.3 Å². The van der Waals surface area contributed by atoms with Gasteiger partial charge in [-0.2, -0.15) is 0 Å². The number of benzene rings is 2. The third kappa shape index (κ3) is 4.57. The number of esters is 1. The zero-order valence-electron chi connectivity index (χ0n) is 16.5. The van der Waals surface area contributed by atoms with Crippen LogP contribution in [0.3, 0.4) is 0 Å². The molecule has 2 aromatic carbocycles. The molecule has 29 heavy (non-hydrogen) atoms. The Hall–Kier alpha value is -3.33. The number of methoxy groups -OCH3 is 3. The smallest absolute Gasteiger partial charge is 0.338 e. The molecule has 0 aliphatic heterocycles. The van der Waals surface area contributed by atoms with Gasteiger partial charge in [-0.1, -0.05) is 11.3 Å². The van der Waals surface area contributed by atoms with E-state index < -0.39 is 0 Å². The molecule has 3 aromatic rings. The topological polar surface area (TPSA) is 91.8 Å². The van der Waals surface area contributed by atoms with Crippen LogP contribution in [-0.4, -0.2) is 44.1 Å². The largest absolute Gasteiger partial charge is 0.496 e. The molecule has 0 saturated carbocycles. The van der Waals surface area contributed by atoms with Crippen LogP contribution in [0.4, 0.5) is 10.8 Å². The van der Waals surface area contributed by atoms with Crippen LogP contribution >= 0.6 is 11.3 Å². The molecular formula is C20H21N3O5S. The Kier molecular flexibility index (Phi) is 6.50. The molecule has 0 radical (unpaired) electrons. The summed E-state index contributed by atoms with van der Waals surface area (Å²) in [6, 6.07) is 10.5. The molecule has 0 amide bonds. The van der Waals surface area contributed by atoms with Crippen molar-refractivity contribution in [2.45, 2.75) is 6.92 Å². The fourth-order valence-electron chi connectivity index (χ4n) is 2.62. The van der Waals surface area contributed by atoms with Crippen LogP contribution in [0.25, 0.3) is 10.6 Å². The van der Waals surface area contributed by atoms with E-state index in [0.29, 0.717) is 45.1 Å². The number of nitrogens with one attached hydrogen (secondary N) is 1. The van der Waals surface area contributed by atoms with Crippen molar-refractivity contribution < 1.29 is 23.7 Å². The minimum atomic E-state index is -0.351. The third-order valence-electron chi connectivity index (χ3n) is 4.00. The average Bonchev–Trinajstić information content (AvgIpc) is 3.21. The molecule has 9 heteroatoms. The van der Waals surface area contributed by atoms with Crippen molar-refractivity contribution in [2.24, 2.45) is 0 Å². The maximum absolute atomic E-state index is 11.7. The van der Waals surface area contributed by atoms with Crippen molar-refractivity contribution >= 4 is 28.1 Å². The SMILES string of the molecule is CCOC(=O)c1ccc(Nc2nnc(-c3c(OC)cc(OC)cc3OC)s2)cc1. The molecule has 0 aliphatic rings. The van der Waals surface area contributed by atoms with Crippen molar-refractivity contribution in [3.63, 3.8) is 0 Å². The standard InChI is InChI=1S/C20H21N3O5S/c1-5-28-19(24)12-6-8-13(9-7-12)21-20-23-22-18(29-20)17-15(26-3)10-14(25-2)11-16(17)27-4/h6-11H,5H2,1-4H3,(H,21,23). The number of ether oxygens (including phenoxy) is 4. The van der Waals surface area contributed by atoms with Gasteiger partial charge in [0.05, 0.1) is 39.1 Å². The van der Waals surface area contributed by atoms with Crippen molar-refractivity contribution in [3.8, 4) is 27.8 Å². The summed E-state index contributed by atoms with van der Waals surface area (Å²) in [4.78, 5) is 11.7. The van der Waals surface area contributed by atoms with E-state index in [4.69, 9.17) is 18.9 Å². The lowest BCUT2D eigenvalue weighted by Crippen LogP contribution is -2.04. The summed E-state index contributed by atoms with van der Waals surface area (Å²) >= 11 is 1.35. The van der Waals surface area contributed by atoms with Crippen molar-refractivity contribution in [1.29, 1.82) is 0 Å². The number of hydrogen-bond donors (Lipinski definition) is 1. The first-order valence-electron chi connectivity index (χ1n) is 8.77. The van der Waals surface area contributed by atoms with Gasteiger partial charge in [0, 0.05) is 17.8 Å². The minimum absolute atomic E-state index is 0.338. The highest BCUT2D eigenvalue weighted by atomic mass is 32.1. The molecule has 0 atom stereocenters. The number of aromatic nitrogens is 2. The maximum atomic E-state index is 11.7. The molecule has 1 heterocycles. The molecule has 152 valence electrons. The Bertz CT molecular complexity index is 963. The Morgan fingerprint density at radius 1 is 1.00 bits per heavy atom. The number of rotatable bonds is 8. The fraction of sp³-hybridized carbons (Fsp3) is 0.250. The predicted octanol–water partition coefficient (Wildman–Crippen LogP) is 4.15. The van der Waals surface area contributed by atoms with Gasteiger partial charge in [0.1, 0.15) is 17.2 Å². The van der Waals surface area contributed by atoms with Gasteiger partial charge in [-0.15, -0.1) is 10.2 Å². The Morgan fingerprint density at radius 3 is 2.21 bits per heavy atom. The van der Waals surface area contributed by atoms with E-state index >= 15 is 0 Å². The first-order valence-corrected chi connectivity index (χ1v) is 9.59. The number of nitrogens with zero attached hydrogens (tertiary/aromatic N) is 2. The zero-order chi connectivity index (χ0) is 20.8. The Balaban J connectivity index is 1.84. The van der Waals surface area contributed by atoms with Crippen molar-refractivity contribution in [2.75, 3.05) is 33.3 Å². The van der Waals surface area contributed by atoms with Crippen LogP contribution in [-0.2, 0) is 4.74 Å². The van der Waals surface area contributed by atoms with E-state index in [2.05, 4.69) is 15.5 Å². The zero-order valence-corrected chi connectivity index (χ0v) is 17.3. The number of carbonyl (C=O) groups is 1. The van der Waals surface area contributed by atoms with E-state index in [1.165, 1.54) is 11.3 Å². The molecule has 0 aliphatic carbocycles. The fourth-order valence-corrected chi connectivity index (χ4v) is 3.44. The molecule has 1 N–H and O–H groups in total.